The Kier molecular flexibility index (Phi) is 5.66. The van der Waals surface area contributed by atoms with Gasteiger partial charge in [-0.3, -0.25) is 4.90 Å². The molecule has 1 aromatic carbocycles. The van der Waals surface area contributed by atoms with E-state index in [1.54, 1.807) is 0 Å². The number of rotatable bonds is 5. The van der Waals surface area contributed by atoms with Crippen LogP contribution in [0.25, 0.3) is 0 Å². The van der Waals surface area contributed by atoms with Crippen molar-refractivity contribution in [2.24, 2.45) is 0 Å². The number of piperazine rings is 1. The van der Waals surface area contributed by atoms with Crippen molar-refractivity contribution in [2.75, 3.05) is 58.3 Å². The highest BCUT2D eigenvalue weighted by Gasteiger charge is 2.18. The van der Waals surface area contributed by atoms with Crippen LogP contribution in [0.5, 0.6) is 0 Å². The topological polar surface area (TPSA) is 30.0 Å². The van der Waals surface area contributed by atoms with Crippen LogP contribution in [0.15, 0.2) is 18.2 Å². The van der Waals surface area contributed by atoms with Crippen LogP contribution in [-0.2, 0) is 6.61 Å². The molecule has 1 fully saturated rings. The second-order valence-corrected chi connectivity index (χ2v) is 5.98. The monoisotopic (exact) mass is 297 g/mol. The summed E-state index contributed by atoms with van der Waals surface area (Å²) in [4.78, 5) is 7.04. The van der Waals surface area contributed by atoms with Crippen LogP contribution in [0.1, 0.15) is 5.56 Å². The minimum atomic E-state index is 0.0400. The van der Waals surface area contributed by atoms with E-state index in [0.717, 1.165) is 55.5 Å². The van der Waals surface area contributed by atoms with E-state index in [0.29, 0.717) is 0 Å². The number of aliphatic hydroxyl groups is 1. The van der Waals surface area contributed by atoms with Gasteiger partial charge in [0.15, 0.2) is 0 Å². The Hall–Kier alpha value is -0.810. The van der Waals surface area contributed by atoms with Gasteiger partial charge < -0.3 is 14.9 Å². The lowest BCUT2D eigenvalue weighted by molar-refractivity contribution is 0.229. The molecule has 0 radical (unpaired) electrons. The van der Waals surface area contributed by atoms with Crippen LogP contribution >= 0.6 is 11.6 Å². The predicted octanol–water partition coefficient (Wildman–Crippen LogP) is 1.52. The molecule has 2 rings (SSSR count). The summed E-state index contributed by atoms with van der Waals surface area (Å²) in [6.07, 6.45) is 0. The fourth-order valence-corrected chi connectivity index (χ4v) is 2.78. The fraction of sp³-hybridized carbons (Fsp3) is 0.600. The zero-order valence-electron chi connectivity index (χ0n) is 12.3. The lowest BCUT2D eigenvalue weighted by Gasteiger charge is -2.37. The van der Waals surface area contributed by atoms with Gasteiger partial charge in [0, 0.05) is 39.3 Å². The molecule has 1 aliphatic rings. The molecule has 0 atom stereocenters. The highest BCUT2D eigenvalue weighted by atomic mass is 35.5. The van der Waals surface area contributed by atoms with E-state index in [1.807, 2.05) is 18.2 Å². The number of anilines is 1. The first-order valence-electron chi connectivity index (χ1n) is 7.11. The molecule has 1 aromatic rings. The second kappa shape index (κ2) is 7.27. The predicted molar refractivity (Wildman–Crippen MR) is 84.6 cm³/mol. The maximum Gasteiger partial charge on any atom is 0.0682 e. The van der Waals surface area contributed by atoms with Crippen LogP contribution in [0.4, 0.5) is 5.69 Å². The third-order valence-corrected chi connectivity index (χ3v) is 4.07. The Bertz CT molecular complexity index is 431. The Morgan fingerprint density at radius 2 is 1.90 bits per heavy atom. The minimum Gasteiger partial charge on any atom is -0.392 e. The third kappa shape index (κ3) is 4.09. The van der Waals surface area contributed by atoms with E-state index < -0.39 is 0 Å². The molecule has 4 nitrogen and oxygen atoms in total. The van der Waals surface area contributed by atoms with E-state index in [1.165, 1.54) is 0 Å². The third-order valence-electron chi connectivity index (χ3n) is 3.77. The molecule has 1 saturated heterocycles. The molecule has 5 heteroatoms. The zero-order valence-corrected chi connectivity index (χ0v) is 13.1. The average molecular weight is 298 g/mol. The van der Waals surface area contributed by atoms with E-state index >= 15 is 0 Å². The van der Waals surface area contributed by atoms with Gasteiger partial charge in [-0.1, -0.05) is 17.7 Å². The highest BCUT2D eigenvalue weighted by molar-refractivity contribution is 6.33. The van der Waals surface area contributed by atoms with Crippen LogP contribution < -0.4 is 4.90 Å². The van der Waals surface area contributed by atoms with Crippen molar-refractivity contribution in [3.8, 4) is 0 Å². The first kappa shape index (κ1) is 15.6. The number of likely N-dealkylation sites (N-methyl/N-ethyl adjacent to an activating group) is 1. The van der Waals surface area contributed by atoms with Crippen LogP contribution in [0.2, 0.25) is 5.02 Å². The van der Waals surface area contributed by atoms with Crippen LogP contribution in [0, 0.1) is 0 Å². The Labute approximate surface area is 126 Å². The van der Waals surface area contributed by atoms with E-state index in [2.05, 4.69) is 28.8 Å². The molecule has 0 spiro atoms. The molecule has 0 unspecified atom stereocenters. The van der Waals surface area contributed by atoms with Gasteiger partial charge in [0.1, 0.15) is 0 Å². The fourth-order valence-electron chi connectivity index (χ4n) is 2.46. The van der Waals surface area contributed by atoms with Gasteiger partial charge in [-0.05, 0) is 31.8 Å². The van der Waals surface area contributed by atoms with Gasteiger partial charge in [0.2, 0.25) is 0 Å². The molecule has 0 amide bonds. The van der Waals surface area contributed by atoms with Gasteiger partial charge in [0.25, 0.3) is 0 Å². The summed E-state index contributed by atoms with van der Waals surface area (Å²) in [5.74, 6) is 0. The van der Waals surface area contributed by atoms with Gasteiger partial charge in [-0.15, -0.1) is 0 Å². The number of benzene rings is 1. The summed E-state index contributed by atoms with van der Waals surface area (Å²) in [5, 5.41) is 9.85. The van der Waals surface area contributed by atoms with Crippen molar-refractivity contribution in [3.05, 3.63) is 28.8 Å². The lowest BCUT2D eigenvalue weighted by atomic mass is 10.2. The van der Waals surface area contributed by atoms with Gasteiger partial charge in [0.05, 0.1) is 17.3 Å². The van der Waals surface area contributed by atoms with E-state index in [-0.39, 0.29) is 6.61 Å². The SMILES string of the molecule is CN(C)CCN1CCN(c2ccc(CO)cc2Cl)CC1. The molecule has 0 aromatic heterocycles. The molecule has 112 valence electrons. The van der Waals surface area contributed by atoms with Gasteiger partial charge in [-0.2, -0.15) is 0 Å². The maximum atomic E-state index is 9.12. The summed E-state index contributed by atoms with van der Waals surface area (Å²) in [6, 6.07) is 5.82. The molecule has 0 bridgehead atoms. The zero-order chi connectivity index (χ0) is 14.5. The molecule has 20 heavy (non-hydrogen) atoms. The largest absolute Gasteiger partial charge is 0.392 e. The number of hydrogen-bond acceptors (Lipinski definition) is 4. The number of aliphatic hydroxyl groups excluding tert-OH is 1. The molecule has 0 saturated carbocycles. The van der Waals surface area contributed by atoms with Crippen molar-refractivity contribution in [1.29, 1.82) is 0 Å². The summed E-state index contributed by atoms with van der Waals surface area (Å²) < 4.78 is 0. The first-order chi connectivity index (χ1) is 9.60. The normalized spacial score (nSPS) is 16.9. The van der Waals surface area contributed by atoms with Crippen LogP contribution in [-0.4, -0.2) is 68.3 Å². The Morgan fingerprint density at radius 1 is 1.20 bits per heavy atom. The average Bonchev–Trinajstić information content (AvgIpc) is 2.45. The van der Waals surface area contributed by atoms with Crippen molar-refractivity contribution in [1.82, 2.24) is 9.80 Å². The minimum absolute atomic E-state index is 0.0400. The summed E-state index contributed by atoms with van der Waals surface area (Å²) in [7, 11) is 4.22. The second-order valence-electron chi connectivity index (χ2n) is 5.58. The maximum absolute atomic E-state index is 9.12. The molecule has 1 heterocycles. The van der Waals surface area contributed by atoms with E-state index in [4.69, 9.17) is 16.7 Å². The standard InChI is InChI=1S/C15H24ClN3O/c1-17(2)5-6-18-7-9-19(10-8-18)15-4-3-13(12-20)11-14(15)16/h3-4,11,20H,5-10,12H2,1-2H3. The quantitative estimate of drug-likeness (QED) is 0.892. The number of nitrogens with zero attached hydrogens (tertiary/aromatic N) is 3. The van der Waals surface area contributed by atoms with Gasteiger partial charge >= 0.3 is 0 Å². The van der Waals surface area contributed by atoms with Crippen molar-refractivity contribution < 1.29 is 5.11 Å². The number of hydrogen-bond donors (Lipinski definition) is 1. The summed E-state index contributed by atoms with van der Waals surface area (Å²) in [6.45, 7) is 6.43. The smallest absolute Gasteiger partial charge is 0.0682 e. The first-order valence-corrected chi connectivity index (χ1v) is 7.49. The summed E-state index contributed by atoms with van der Waals surface area (Å²) in [5.41, 5.74) is 1.94. The molecule has 1 N–H and O–H groups in total. The molecular weight excluding hydrogens is 274 g/mol. The lowest BCUT2D eigenvalue weighted by Crippen LogP contribution is -2.48. The Balaban J connectivity index is 1.90. The number of halogens is 1. The molecular formula is C15H24ClN3O. The van der Waals surface area contributed by atoms with Crippen LogP contribution in [0.3, 0.4) is 0 Å². The van der Waals surface area contributed by atoms with Crippen molar-refractivity contribution >= 4 is 17.3 Å². The highest BCUT2D eigenvalue weighted by Crippen LogP contribution is 2.27. The van der Waals surface area contributed by atoms with Crippen molar-refractivity contribution in [3.63, 3.8) is 0 Å². The van der Waals surface area contributed by atoms with E-state index in [9.17, 15) is 0 Å². The Morgan fingerprint density at radius 3 is 2.45 bits per heavy atom. The molecule has 1 aliphatic heterocycles. The summed E-state index contributed by atoms with van der Waals surface area (Å²) >= 11 is 6.31. The van der Waals surface area contributed by atoms with Gasteiger partial charge in [-0.25, -0.2) is 0 Å². The molecule has 0 aliphatic carbocycles. The van der Waals surface area contributed by atoms with Crippen molar-refractivity contribution in [2.45, 2.75) is 6.61 Å².